The summed E-state index contributed by atoms with van der Waals surface area (Å²) >= 11 is 0. The second-order valence-electron chi connectivity index (χ2n) is 11.4. The van der Waals surface area contributed by atoms with Crippen LogP contribution >= 0.6 is 0 Å². The molecule has 0 bridgehead atoms. The maximum Gasteiger partial charge on any atom is 0.429 e. The molecule has 0 unspecified atom stereocenters. The van der Waals surface area contributed by atoms with Crippen LogP contribution in [-0.4, -0.2) is 59.9 Å². The molecule has 35 heavy (non-hydrogen) atoms. The lowest BCUT2D eigenvalue weighted by Crippen LogP contribution is -2.58. The van der Waals surface area contributed by atoms with Crippen molar-refractivity contribution in [2.75, 3.05) is 13.7 Å². The highest BCUT2D eigenvalue weighted by atomic mass is 16.6. The number of carbonyl (C=O) groups is 2. The van der Waals surface area contributed by atoms with Gasteiger partial charge in [-0.2, -0.15) is 0 Å². The quantitative estimate of drug-likeness (QED) is 0.531. The van der Waals surface area contributed by atoms with Crippen LogP contribution in [0.15, 0.2) is 29.3 Å². The van der Waals surface area contributed by atoms with E-state index in [0.29, 0.717) is 18.9 Å². The van der Waals surface area contributed by atoms with Crippen molar-refractivity contribution in [3.63, 3.8) is 0 Å². The molecule has 1 N–H and O–H groups in total. The van der Waals surface area contributed by atoms with Crippen LogP contribution in [-0.2, 0) is 20.6 Å². The zero-order valence-corrected chi connectivity index (χ0v) is 22.8. The standard InChI is InChI=1S/C27H43N3O5/c1-18(2)16-20(17-33-9)28-23-21-13-11-10-12-19(21)14-15-22(23)30(25(32)35-27(6,7)8)29-24(31)34-26(3,4)5/h10-13,18,20,22H,14-17H2,1-9H3,(H,29,31)/t20-,22-/m0/s1. The first-order valence-corrected chi connectivity index (χ1v) is 12.4. The maximum absolute atomic E-state index is 13.4. The summed E-state index contributed by atoms with van der Waals surface area (Å²) in [5, 5.41) is 1.24. The van der Waals surface area contributed by atoms with Gasteiger partial charge in [0.05, 0.1) is 24.4 Å². The molecule has 196 valence electrons. The lowest BCUT2D eigenvalue weighted by molar-refractivity contribution is -0.00404. The lowest BCUT2D eigenvalue weighted by atomic mass is 9.85. The molecule has 8 heteroatoms. The van der Waals surface area contributed by atoms with Crippen molar-refractivity contribution in [3.05, 3.63) is 35.4 Å². The van der Waals surface area contributed by atoms with Gasteiger partial charge in [-0.3, -0.25) is 4.99 Å². The predicted molar refractivity (Wildman–Crippen MR) is 138 cm³/mol. The molecular weight excluding hydrogens is 446 g/mol. The molecule has 0 radical (unpaired) electrons. The third kappa shape index (κ3) is 9.17. The second-order valence-corrected chi connectivity index (χ2v) is 11.4. The Labute approximate surface area is 210 Å². The van der Waals surface area contributed by atoms with Crippen molar-refractivity contribution in [1.82, 2.24) is 10.4 Å². The Bertz CT molecular complexity index is 899. The average Bonchev–Trinajstić information content (AvgIpc) is 2.69. The topological polar surface area (TPSA) is 89.5 Å². The van der Waals surface area contributed by atoms with Crippen molar-refractivity contribution >= 4 is 17.9 Å². The summed E-state index contributed by atoms with van der Waals surface area (Å²) in [6.45, 7) is 15.4. The Balaban J connectivity index is 2.55. The van der Waals surface area contributed by atoms with E-state index in [1.165, 1.54) is 5.01 Å². The molecule has 0 saturated carbocycles. The van der Waals surface area contributed by atoms with Crippen LogP contribution in [0.5, 0.6) is 0 Å². The first-order valence-electron chi connectivity index (χ1n) is 12.4. The smallest absolute Gasteiger partial charge is 0.429 e. The van der Waals surface area contributed by atoms with Gasteiger partial charge in [-0.1, -0.05) is 38.1 Å². The van der Waals surface area contributed by atoms with Crippen molar-refractivity contribution in [1.29, 1.82) is 0 Å². The number of aryl methyl sites for hydroxylation is 1. The molecule has 0 heterocycles. The number of aliphatic imine (C=N–C) groups is 1. The summed E-state index contributed by atoms with van der Waals surface area (Å²) in [6.07, 6.45) is 0.753. The lowest BCUT2D eigenvalue weighted by Gasteiger charge is -2.37. The number of hydrogen-bond donors (Lipinski definition) is 1. The summed E-state index contributed by atoms with van der Waals surface area (Å²) in [6, 6.07) is 7.43. The summed E-state index contributed by atoms with van der Waals surface area (Å²) in [5.74, 6) is 0.415. The summed E-state index contributed by atoms with van der Waals surface area (Å²) in [4.78, 5) is 31.2. The Morgan fingerprint density at radius 2 is 1.71 bits per heavy atom. The van der Waals surface area contributed by atoms with Gasteiger partial charge in [0.15, 0.2) is 0 Å². The predicted octanol–water partition coefficient (Wildman–Crippen LogP) is 5.53. The molecule has 2 amide bonds. The van der Waals surface area contributed by atoms with E-state index in [0.717, 1.165) is 29.7 Å². The number of nitrogens with zero attached hydrogens (tertiary/aromatic N) is 2. The first kappa shape index (κ1) is 28.6. The maximum atomic E-state index is 13.4. The van der Waals surface area contributed by atoms with Crippen molar-refractivity contribution in [3.8, 4) is 0 Å². The highest BCUT2D eigenvalue weighted by Gasteiger charge is 2.37. The largest absolute Gasteiger partial charge is 0.443 e. The second kappa shape index (κ2) is 11.9. The summed E-state index contributed by atoms with van der Waals surface area (Å²) in [5.41, 5.74) is 4.05. The van der Waals surface area contributed by atoms with Crippen molar-refractivity contribution in [2.24, 2.45) is 10.9 Å². The Kier molecular flexibility index (Phi) is 9.72. The molecule has 2 atom stereocenters. The zero-order chi connectivity index (χ0) is 26.4. The number of amides is 2. The fourth-order valence-corrected chi connectivity index (χ4v) is 4.06. The van der Waals surface area contributed by atoms with E-state index < -0.39 is 29.4 Å². The van der Waals surface area contributed by atoms with E-state index in [9.17, 15) is 9.59 Å². The van der Waals surface area contributed by atoms with Crippen LogP contribution in [0, 0.1) is 5.92 Å². The normalized spacial score (nSPS) is 18.1. The van der Waals surface area contributed by atoms with E-state index in [4.69, 9.17) is 19.2 Å². The molecular formula is C27H43N3O5. The van der Waals surface area contributed by atoms with Gasteiger partial charge in [0, 0.05) is 12.7 Å². The van der Waals surface area contributed by atoms with E-state index in [1.807, 2.05) is 18.2 Å². The minimum absolute atomic E-state index is 0.0920. The van der Waals surface area contributed by atoms with Crippen LogP contribution < -0.4 is 5.43 Å². The highest BCUT2D eigenvalue weighted by Crippen LogP contribution is 2.27. The van der Waals surface area contributed by atoms with Crippen LogP contribution in [0.4, 0.5) is 9.59 Å². The number of fused-ring (bicyclic) bond motifs is 1. The molecule has 1 aliphatic carbocycles. The Morgan fingerprint density at radius 1 is 1.09 bits per heavy atom. The molecule has 0 spiro atoms. The molecule has 1 aromatic rings. The van der Waals surface area contributed by atoms with Gasteiger partial charge in [0.25, 0.3) is 0 Å². The third-order valence-corrected chi connectivity index (χ3v) is 5.23. The monoisotopic (exact) mass is 489 g/mol. The molecule has 8 nitrogen and oxygen atoms in total. The minimum Gasteiger partial charge on any atom is -0.443 e. The van der Waals surface area contributed by atoms with Gasteiger partial charge in [0.2, 0.25) is 0 Å². The number of hydrogen-bond acceptors (Lipinski definition) is 6. The number of methoxy groups -OCH3 is 1. The number of hydrazine groups is 1. The zero-order valence-electron chi connectivity index (χ0n) is 22.8. The van der Waals surface area contributed by atoms with Gasteiger partial charge in [-0.15, -0.1) is 0 Å². The number of nitrogens with one attached hydrogen (secondary N) is 1. The van der Waals surface area contributed by atoms with E-state index in [1.54, 1.807) is 48.7 Å². The molecule has 0 aromatic heterocycles. The van der Waals surface area contributed by atoms with E-state index in [2.05, 4.69) is 25.3 Å². The Morgan fingerprint density at radius 3 is 2.29 bits per heavy atom. The van der Waals surface area contributed by atoms with Gasteiger partial charge in [-0.05, 0) is 72.3 Å². The third-order valence-electron chi connectivity index (χ3n) is 5.23. The highest BCUT2D eigenvalue weighted by molar-refractivity contribution is 6.07. The number of carbonyl (C=O) groups excluding carboxylic acids is 2. The van der Waals surface area contributed by atoms with Crippen molar-refractivity contribution < 1.29 is 23.8 Å². The molecule has 0 saturated heterocycles. The minimum atomic E-state index is -0.745. The molecule has 0 fully saturated rings. The van der Waals surface area contributed by atoms with Crippen LogP contribution in [0.1, 0.15) is 79.4 Å². The van der Waals surface area contributed by atoms with Crippen LogP contribution in [0.2, 0.25) is 0 Å². The van der Waals surface area contributed by atoms with Gasteiger partial charge in [-0.25, -0.2) is 20.0 Å². The number of benzene rings is 1. The molecule has 1 aromatic carbocycles. The van der Waals surface area contributed by atoms with Crippen LogP contribution in [0.25, 0.3) is 0 Å². The number of rotatable bonds is 6. The SMILES string of the molecule is COC[C@H](CC(C)C)N=C1c2ccccc2CC[C@@H]1N(NC(=O)OC(C)(C)C)C(=O)OC(C)(C)C. The van der Waals surface area contributed by atoms with Gasteiger partial charge in [0.1, 0.15) is 11.2 Å². The van der Waals surface area contributed by atoms with E-state index in [-0.39, 0.29) is 6.04 Å². The first-order chi connectivity index (χ1) is 16.2. The Hall–Kier alpha value is -2.61. The summed E-state index contributed by atoms with van der Waals surface area (Å²) in [7, 11) is 1.66. The molecule has 0 aliphatic heterocycles. The van der Waals surface area contributed by atoms with Crippen LogP contribution in [0.3, 0.4) is 0 Å². The van der Waals surface area contributed by atoms with E-state index >= 15 is 0 Å². The average molecular weight is 490 g/mol. The van der Waals surface area contributed by atoms with Gasteiger partial charge >= 0.3 is 12.2 Å². The fraction of sp³-hybridized carbons (Fsp3) is 0.667. The molecule has 1 aliphatic rings. The van der Waals surface area contributed by atoms with Crippen molar-refractivity contribution in [2.45, 2.75) is 97.9 Å². The van der Waals surface area contributed by atoms with Gasteiger partial charge < -0.3 is 14.2 Å². The fourth-order valence-electron chi connectivity index (χ4n) is 4.06. The number of ether oxygens (including phenoxy) is 3. The molecule has 2 rings (SSSR count). The summed E-state index contributed by atoms with van der Waals surface area (Å²) < 4.78 is 16.6.